The van der Waals surface area contributed by atoms with E-state index in [0.29, 0.717) is 11.1 Å². The van der Waals surface area contributed by atoms with E-state index in [2.05, 4.69) is 15.0 Å². The molecule has 17 heteroatoms. The van der Waals surface area contributed by atoms with Crippen molar-refractivity contribution in [2.45, 2.75) is 43.5 Å². The highest BCUT2D eigenvalue weighted by molar-refractivity contribution is 7.51. The first-order valence-electron chi connectivity index (χ1n) is 10.7. The number of ether oxygens (including phenoxy) is 2. The summed E-state index contributed by atoms with van der Waals surface area (Å²) in [5.41, 5.74) is 4.59. The van der Waals surface area contributed by atoms with Crippen LogP contribution in [0, 0.1) is 6.92 Å². The van der Waals surface area contributed by atoms with Crippen LogP contribution in [0.1, 0.15) is 17.4 Å². The van der Waals surface area contributed by atoms with Crippen molar-refractivity contribution in [1.82, 2.24) is 19.5 Å². The molecule has 4 atom stereocenters. The van der Waals surface area contributed by atoms with Gasteiger partial charge in [0.1, 0.15) is 23.8 Å². The molecule has 4 rings (SSSR count). The van der Waals surface area contributed by atoms with Crippen LogP contribution in [0.5, 0.6) is 0 Å². The van der Waals surface area contributed by atoms with Gasteiger partial charge < -0.3 is 35.6 Å². The Bertz CT molecular complexity index is 1370. The van der Waals surface area contributed by atoms with Crippen LogP contribution in [0.2, 0.25) is 5.28 Å². The van der Waals surface area contributed by atoms with Gasteiger partial charge in [-0.05, 0) is 29.7 Å². The standard InChI is InChI=1S/C21H22ClN5O8.O2S/c1-9-4-2-3-5-10(9)6-21(18(30)31,19(32)33)34-7-11-13(28)14(29)17(35-11)27-8-24-12-15(23)25-20(22)26-16(12)27;1-3-2/h2-5,8,11,13-14,17,28-29H,6-7H2,1H3,(H,30,31)(H,32,33)(H2,23,25,26);/t11-,13-,14-,17-;/m1./s1. The molecule has 1 aromatic carbocycles. The minimum atomic E-state index is -2.66. The Kier molecular flexibility index (Phi) is 9.08. The number of halogens is 1. The predicted octanol–water partition coefficient (Wildman–Crippen LogP) is -0.513. The lowest BCUT2D eigenvalue weighted by Crippen LogP contribution is -2.53. The number of aliphatic hydroxyl groups excluding tert-OH is 2. The van der Waals surface area contributed by atoms with Crippen molar-refractivity contribution in [1.29, 1.82) is 0 Å². The Morgan fingerprint density at radius 2 is 1.82 bits per heavy atom. The van der Waals surface area contributed by atoms with Crippen LogP contribution in [0.25, 0.3) is 11.2 Å². The van der Waals surface area contributed by atoms with Gasteiger partial charge in [0.15, 0.2) is 17.7 Å². The zero-order chi connectivity index (χ0) is 28.2. The number of hydrogen-bond acceptors (Lipinski definition) is 12. The monoisotopic (exact) mass is 571 g/mol. The summed E-state index contributed by atoms with van der Waals surface area (Å²) in [4.78, 5) is 36.1. The Balaban J connectivity index is 0.00000127. The van der Waals surface area contributed by atoms with Crippen LogP contribution in [0.15, 0.2) is 30.6 Å². The number of carboxylic acids is 2. The lowest BCUT2D eigenvalue weighted by atomic mass is 9.91. The number of carbonyl (C=O) groups is 2. The van der Waals surface area contributed by atoms with E-state index < -0.39 is 66.7 Å². The largest absolute Gasteiger partial charge is 0.479 e. The van der Waals surface area contributed by atoms with E-state index in [9.17, 15) is 30.0 Å². The Labute approximate surface area is 222 Å². The van der Waals surface area contributed by atoms with Gasteiger partial charge in [0.2, 0.25) is 5.28 Å². The third-order valence-corrected chi connectivity index (χ3v) is 6.09. The third kappa shape index (κ3) is 5.64. The number of nitrogen functional groups attached to an aromatic ring is 1. The average Bonchev–Trinajstić information content (AvgIpc) is 3.39. The van der Waals surface area contributed by atoms with Crippen LogP contribution in [-0.4, -0.2) is 90.8 Å². The number of hydrogen-bond donors (Lipinski definition) is 5. The number of aromatic nitrogens is 4. The first kappa shape index (κ1) is 29.0. The lowest BCUT2D eigenvalue weighted by Gasteiger charge is -2.28. The SMILES string of the molecule is Cc1ccccc1CC(OC[C@H]1O[C@@H](n2cnc3c(N)nc(Cl)nc32)[C@H](O)[C@@H]1O)(C(=O)O)C(=O)O.O=S=O. The molecule has 6 N–H and O–H groups in total. The number of rotatable bonds is 8. The minimum Gasteiger partial charge on any atom is -0.479 e. The molecule has 1 fully saturated rings. The fourth-order valence-electron chi connectivity index (χ4n) is 3.91. The van der Waals surface area contributed by atoms with E-state index in [-0.39, 0.29) is 22.3 Å². The average molecular weight is 572 g/mol. The number of aliphatic carboxylic acids is 2. The van der Waals surface area contributed by atoms with Gasteiger partial charge in [-0.2, -0.15) is 18.4 Å². The molecular weight excluding hydrogens is 550 g/mol. The molecular formula is C21H22ClN5O10S. The number of imidazole rings is 1. The van der Waals surface area contributed by atoms with Gasteiger partial charge in [0.25, 0.3) is 5.60 Å². The van der Waals surface area contributed by atoms with Crippen molar-refractivity contribution in [2.24, 2.45) is 0 Å². The number of benzene rings is 1. The molecule has 0 spiro atoms. The van der Waals surface area contributed by atoms with Crippen LogP contribution in [0.3, 0.4) is 0 Å². The summed E-state index contributed by atoms with van der Waals surface area (Å²) in [5.74, 6) is -3.45. The summed E-state index contributed by atoms with van der Waals surface area (Å²) in [7, 11) is 0. The number of nitrogens with two attached hydrogens (primary N) is 1. The van der Waals surface area contributed by atoms with E-state index in [1.807, 2.05) is 0 Å². The number of aliphatic hydroxyl groups is 2. The first-order valence-corrected chi connectivity index (χ1v) is 11.8. The van der Waals surface area contributed by atoms with Crippen LogP contribution >= 0.6 is 11.6 Å². The predicted molar refractivity (Wildman–Crippen MR) is 128 cm³/mol. The molecule has 15 nitrogen and oxygen atoms in total. The molecule has 2 aromatic heterocycles. The van der Waals surface area contributed by atoms with Crippen LogP contribution < -0.4 is 5.73 Å². The maximum Gasteiger partial charge on any atom is 0.348 e. The number of fused-ring (bicyclic) bond motifs is 1. The van der Waals surface area contributed by atoms with Crippen molar-refractivity contribution in [3.8, 4) is 0 Å². The highest BCUT2D eigenvalue weighted by Gasteiger charge is 2.51. The topological polar surface area (TPSA) is 237 Å². The molecule has 1 aliphatic heterocycles. The van der Waals surface area contributed by atoms with Crippen molar-refractivity contribution in [3.63, 3.8) is 0 Å². The molecule has 0 unspecified atom stereocenters. The Morgan fingerprint density at radius 3 is 2.42 bits per heavy atom. The highest BCUT2D eigenvalue weighted by Crippen LogP contribution is 2.33. The van der Waals surface area contributed by atoms with E-state index in [0.717, 1.165) is 0 Å². The van der Waals surface area contributed by atoms with Crippen molar-refractivity contribution in [2.75, 3.05) is 12.3 Å². The van der Waals surface area contributed by atoms with Crippen LogP contribution in [-0.2, 0) is 37.1 Å². The van der Waals surface area contributed by atoms with Gasteiger partial charge >= 0.3 is 23.5 Å². The van der Waals surface area contributed by atoms with Gasteiger partial charge in [-0.1, -0.05) is 24.3 Å². The van der Waals surface area contributed by atoms with E-state index >= 15 is 0 Å². The highest BCUT2D eigenvalue weighted by atomic mass is 35.5. The fourth-order valence-corrected chi connectivity index (χ4v) is 4.08. The third-order valence-electron chi connectivity index (χ3n) is 5.92. The molecule has 0 aliphatic carbocycles. The normalized spacial score (nSPS) is 21.1. The lowest BCUT2D eigenvalue weighted by molar-refractivity contribution is -0.190. The maximum absolute atomic E-state index is 12.1. The Morgan fingerprint density at radius 1 is 1.18 bits per heavy atom. The summed E-state index contributed by atoms with van der Waals surface area (Å²) >= 11 is 5.11. The van der Waals surface area contributed by atoms with E-state index in [1.54, 1.807) is 31.2 Å². The Hall–Kier alpha value is -3.54. The zero-order valence-corrected chi connectivity index (χ0v) is 21.1. The second kappa shape index (κ2) is 11.9. The molecule has 3 aromatic rings. The molecule has 38 heavy (non-hydrogen) atoms. The van der Waals surface area contributed by atoms with Gasteiger partial charge in [0.05, 0.1) is 12.9 Å². The molecule has 0 bridgehead atoms. The summed E-state index contributed by atoms with van der Waals surface area (Å²) in [6.07, 6.45) is -4.79. The fraction of sp³-hybridized carbons (Fsp3) is 0.381. The molecule has 1 aliphatic rings. The summed E-state index contributed by atoms with van der Waals surface area (Å²) in [6.45, 7) is 1.07. The quantitative estimate of drug-likeness (QED) is 0.169. The number of carboxylic acid groups (broad SMARTS) is 2. The van der Waals surface area contributed by atoms with Gasteiger partial charge in [-0.15, -0.1) is 0 Å². The summed E-state index contributed by atoms with van der Waals surface area (Å²) in [6, 6.07) is 6.70. The summed E-state index contributed by atoms with van der Waals surface area (Å²) < 4.78 is 29.0. The molecule has 1 saturated heterocycles. The number of anilines is 1. The molecule has 3 heterocycles. The minimum absolute atomic E-state index is 0.00410. The maximum atomic E-state index is 12.1. The molecule has 0 amide bonds. The second-order valence-electron chi connectivity index (χ2n) is 8.17. The molecule has 204 valence electrons. The van der Waals surface area contributed by atoms with Gasteiger partial charge in [-0.3, -0.25) is 4.57 Å². The van der Waals surface area contributed by atoms with Crippen molar-refractivity contribution < 1.29 is 47.9 Å². The van der Waals surface area contributed by atoms with Crippen LogP contribution in [0.4, 0.5) is 5.82 Å². The van der Waals surface area contributed by atoms with Crippen molar-refractivity contribution >= 4 is 52.1 Å². The number of nitrogens with zero attached hydrogens (tertiary/aromatic N) is 4. The number of aryl methyl sites for hydroxylation is 1. The first-order chi connectivity index (χ1) is 18.0. The zero-order valence-electron chi connectivity index (χ0n) is 19.5. The molecule has 0 saturated carbocycles. The van der Waals surface area contributed by atoms with Gasteiger partial charge in [-0.25, -0.2) is 14.6 Å². The second-order valence-corrected chi connectivity index (χ2v) is 8.64. The van der Waals surface area contributed by atoms with Gasteiger partial charge in [0, 0.05) is 6.42 Å². The molecule has 0 radical (unpaired) electrons. The van der Waals surface area contributed by atoms with E-state index in [4.69, 9.17) is 35.2 Å². The smallest absolute Gasteiger partial charge is 0.348 e. The van der Waals surface area contributed by atoms with Crippen molar-refractivity contribution in [3.05, 3.63) is 47.0 Å². The summed E-state index contributed by atoms with van der Waals surface area (Å²) in [5, 5.41) is 40.6. The van der Waals surface area contributed by atoms with E-state index in [1.165, 1.54) is 10.9 Å².